The number of anilines is 3. The molecule has 0 spiro atoms. The van der Waals surface area contributed by atoms with Crippen LogP contribution in [0.25, 0.3) is 33.5 Å². The lowest BCUT2D eigenvalue weighted by Gasteiger charge is -2.26. The van der Waals surface area contributed by atoms with Gasteiger partial charge in [-0.3, -0.25) is 14.6 Å². The Morgan fingerprint density at radius 1 is 1.05 bits per heavy atom. The van der Waals surface area contributed by atoms with E-state index in [0.29, 0.717) is 66.4 Å². The van der Waals surface area contributed by atoms with Gasteiger partial charge in [0.1, 0.15) is 17.6 Å². The molecule has 0 unspecified atom stereocenters. The Balaban J connectivity index is 1.21. The van der Waals surface area contributed by atoms with Crippen LogP contribution in [0.3, 0.4) is 0 Å². The monoisotopic (exact) mass is 583 g/mol. The Morgan fingerprint density at radius 3 is 2.58 bits per heavy atom. The molecule has 1 aliphatic carbocycles. The van der Waals surface area contributed by atoms with E-state index in [4.69, 9.17) is 23.5 Å². The van der Waals surface area contributed by atoms with Crippen LogP contribution in [0.2, 0.25) is 0 Å². The normalized spacial score (nSPS) is 15.9. The first-order chi connectivity index (χ1) is 20.9. The maximum absolute atomic E-state index is 13.0. The van der Waals surface area contributed by atoms with E-state index >= 15 is 0 Å². The number of aromatic nitrogens is 4. The number of carbonyl (C=O) groups is 1. The minimum atomic E-state index is -0.240. The third-order valence-electron chi connectivity index (χ3n) is 8.23. The zero-order valence-corrected chi connectivity index (χ0v) is 24.4. The van der Waals surface area contributed by atoms with Gasteiger partial charge in [0.25, 0.3) is 5.91 Å². The van der Waals surface area contributed by atoms with Crippen molar-refractivity contribution in [1.82, 2.24) is 24.4 Å². The summed E-state index contributed by atoms with van der Waals surface area (Å²) in [4.78, 5) is 43.5. The summed E-state index contributed by atoms with van der Waals surface area (Å²) in [5.41, 5.74) is 4.47. The predicted molar refractivity (Wildman–Crippen MR) is 162 cm³/mol. The summed E-state index contributed by atoms with van der Waals surface area (Å²) in [6, 6.07) is 5.53. The van der Waals surface area contributed by atoms with Crippen LogP contribution in [0.1, 0.15) is 47.8 Å². The van der Waals surface area contributed by atoms with E-state index in [-0.39, 0.29) is 23.0 Å². The van der Waals surface area contributed by atoms with Gasteiger partial charge in [0.15, 0.2) is 11.5 Å². The van der Waals surface area contributed by atoms with Gasteiger partial charge in [0.05, 0.1) is 42.4 Å². The molecule has 2 aliphatic rings. The van der Waals surface area contributed by atoms with Gasteiger partial charge >= 0.3 is 0 Å². The minimum Gasteiger partial charge on any atom is -0.456 e. The summed E-state index contributed by atoms with van der Waals surface area (Å²) in [6.07, 6.45) is 9.27. The van der Waals surface area contributed by atoms with Crippen LogP contribution >= 0.6 is 0 Å². The molecule has 43 heavy (non-hydrogen) atoms. The number of fused-ring (bicyclic) bond motifs is 2. The maximum atomic E-state index is 13.0. The molecule has 1 amide bonds. The van der Waals surface area contributed by atoms with Gasteiger partial charge in [-0.25, -0.2) is 4.98 Å². The van der Waals surface area contributed by atoms with E-state index in [9.17, 15) is 9.59 Å². The van der Waals surface area contributed by atoms with Crippen LogP contribution in [0.15, 0.2) is 50.5 Å². The van der Waals surface area contributed by atoms with Crippen molar-refractivity contribution in [2.75, 3.05) is 50.6 Å². The molecule has 2 fully saturated rings. The van der Waals surface area contributed by atoms with Crippen molar-refractivity contribution in [2.24, 2.45) is 0 Å². The first-order valence-electron chi connectivity index (χ1n) is 14.6. The van der Waals surface area contributed by atoms with Crippen molar-refractivity contribution in [1.29, 1.82) is 0 Å². The van der Waals surface area contributed by atoms with E-state index < -0.39 is 0 Å². The summed E-state index contributed by atoms with van der Waals surface area (Å²) in [7, 11) is 3.53. The highest BCUT2D eigenvalue weighted by Gasteiger charge is 2.27. The van der Waals surface area contributed by atoms with Crippen LogP contribution in [0.5, 0.6) is 0 Å². The van der Waals surface area contributed by atoms with E-state index in [1.807, 2.05) is 24.0 Å². The molecule has 7 rings (SSSR count). The van der Waals surface area contributed by atoms with Gasteiger partial charge in [-0.1, -0.05) is 12.8 Å². The second-order valence-corrected chi connectivity index (χ2v) is 11.4. The van der Waals surface area contributed by atoms with Crippen LogP contribution in [0.4, 0.5) is 17.5 Å². The summed E-state index contributed by atoms with van der Waals surface area (Å²) < 4.78 is 19.3. The quantitative estimate of drug-likeness (QED) is 0.294. The number of morpholine rings is 1. The largest absolute Gasteiger partial charge is 0.456 e. The van der Waals surface area contributed by atoms with Gasteiger partial charge < -0.3 is 33.3 Å². The second-order valence-electron chi connectivity index (χ2n) is 11.4. The standard InChI is InChI=1S/C31H33N7O5/c1-18-12-20(16-32-26(18)22-17-42-28-24(39)14-25(43-27(22)28)37-8-10-41-11-9-37)34-31-33-15-19-13-23(30(40)36(2)3)38(29(19)35-31)21-6-4-5-7-21/h12-17,21H,4-11H2,1-3H3,(H,33,34,35). The third-order valence-corrected chi connectivity index (χ3v) is 8.23. The fourth-order valence-electron chi connectivity index (χ4n) is 6.08. The minimum absolute atomic E-state index is 0.0468. The second kappa shape index (κ2) is 10.8. The fourth-order valence-corrected chi connectivity index (χ4v) is 6.08. The number of amides is 1. The topological polar surface area (TPSA) is 132 Å². The molecular formula is C31H33N7O5. The van der Waals surface area contributed by atoms with E-state index in [1.165, 1.54) is 12.3 Å². The first-order valence-corrected chi connectivity index (χ1v) is 14.6. The predicted octanol–water partition coefficient (Wildman–Crippen LogP) is 4.90. The Morgan fingerprint density at radius 2 is 1.84 bits per heavy atom. The fraction of sp³-hybridized carbons (Fsp3) is 0.387. The number of aryl methyl sites for hydroxylation is 1. The molecule has 5 aromatic heterocycles. The molecular weight excluding hydrogens is 550 g/mol. The van der Waals surface area contributed by atoms with Crippen molar-refractivity contribution < 1.29 is 18.4 Å². The van der Waals surface area contributed by atoms with Gasteiger partial charge in [0.2, 0.25) is 17.0 Å². The summed E-state index contributed by atoms with van der Waals surface area (Å²) in [6.45, 7) is 4.38. The van der Waals surface area contributed by atoms with Crippen molar-refractivity contribution in [3.05, 3.63) is 58.3 Å². The van der Waals surface area contributed by atoms with Crippen molar-refractivity contribution in [3.63, 3.8) is 0 Å². The molecule has 5 aromatic rings. The maximum Gasteiger partial charge on any atom is 0.270 e. The summed E-state index contributed by atoms with van der Waals surface area (Å²) >= 11 is 0. The Hall–Kier alpha value is -4.71. The van der Waals surface area contributed by atoms with Gasteiger partial charge in [-0.05, 0) is 37.5 Å². The molecule has 0 atom stereocenters. The molecule has 1 saturated carbocycles. The summed E-state index contributed by atoms with van der Waals surface area (Å²) in [5.74, 6) is 0.858. The Kier molecular flexibility index (Phi) is 6.85. The SMILES string of the molecule is Cc1cc(Nc2ncc3cc(C(=O)N(C)C)n(C4CCCC4)c3n2)cnc1-c1coc2c(=O)cc(N3CCOCC3)oc12. The highest BCUT2D eigenvalue weighted by atomic mass is 16.5. The lowest BCUT2D eigenvalue weighted by molar-refractivity contribution is 0.0815. The number of furan rings is 1. The molecule has 222 valence electrons. The van der Waals surface area contributed by atoms with E-state index in [0.717, 1.165) is 42.3 Å². The highest BCUT2D eigenvalue weighted by Crippen LogP contribution is 2.36. The molecule has 0 radical (unpaired) electrons. The molecule has 12 heteroatoms. The van der Waals surface area contributed by atoms with Crippen LogP contribution in [0, 0.1) is 6.92 Å². The van der Waals surface area contributed by atoms with Crippen LogP contribution < -0.4 is 15.6 Å². The average Bonchev–Trinajstić information content (AvgIpc) is 3.76. The van der Waals surface area contributed by atoms with Gasteiger partial charge in [-0.15, -0.1) is 0 Å². The highest BCUT2D eigenvalue weighted by molar-refractivity contribution is 5.98. The molecule has 0 bridgehead atoms. The Labute approximate surface area is 247 Å². The smallest absolute Gasteiger partial charge is 0.270 e. The zero-order chi connectivity index (χ0) is 29.7. The van der Waals surface area contributed by atoms with Gasteiger partial charge in [-0.2, -0.15) is 4.98 Å². The number of ether oxygens (including phenoxy) is 1. The number of nitrogens with zero attached hydrogens (tertiary/aromatic N) is 6. The van der Waals surface area contributed by atoms with E-state index in [1.54, 1.807) is 31.4 Å². The molecule has 0 aromatic carbocycles. The van der Waals surface area contributed by atoms with Crippen molar-refractivity contribution in [2.45, 2.75) is 38.6 Å². The molecule has 6 heterocycles. The van der Waals surface area contributed by atoms with Crippen LogP contribution in [-0.2, 0) is 4.74 Å². The zero-order valence-electron chi connectivity index (χ0n) is 24.4. The van der Waals surface area contributed by atoms with Crippen molar-refractivity contribution >= 4 is 45.6 Å². The lowest BCUT2D eigenvalue weighted by Crippen LogP contribution is -2.36. The first kappa shape index (κ1) is 27.1. The third kappa shape index (κ3) is 4.91. The van der Waals surface area contributed by atoms with E-state index in [2.05, 4.69) is 14.9 Å². The van der Waals surface area contributed by atoms with Gasteiger partial charge in [0, 0.05) is 44.8 Å². The number of hydrogen-bond acceptors (Lipinski definition) is 10. The Bertz CT molecular complexity index is 1890. The molecule has 12 nitrogen and oxygen atoms in total. The number of rotatable bonds is 6. The summed E-state index contributed by atoms with van der Waals surface area (Å²) in [5, 5.41) is 4.11. The molecule has 1 saturated heterocycles. The molecule has 1 aliphatic heterocycles. The number of hydrogen-bond donors (Lipinski definition) is 1. The average molecular weight is 584 g/mol. The molecule has 1 N–H and O–H groups in total. The van der Waals surface area contributed by atoms with Crippen LogP contribution in [-0.4, -0.2) is 70.7 Å². The number of nitrogens with one attached hydrogen (secondary N) is 1. The number of pyridine rings is 1. The van der Waals surface area contributed by atoms with Crippen molar-refractivity contribution in [3.8, 4) is 11.3 Å². The number of carbonyl (C=O) groups excluding carboxylic acids is 1. The lowest BCUT2D eigenvalue weighted by atomic mass is 10.1.